The number of rotatable bonds is 0. The van der Waals surface area contributed by atoms with Crippen molar-refractivity contribution in [3.8, 4) is 0 Å². The Hall–Kier alpha value is 1.25. The zero-order valence-electron chi connectivity index (χ0n) is 10.6. The van der Waals surface area contributed by atoms with Gasteiger partial charge >= 0.3 is 27.0 Å². The van der Waals surface area contributed by atoms with Crippen molar-refractivity contribution in [1.29, 1.82) is 0 Å². The molecule has 0 saturated heterocycles. The zero-order valence-corrected chi connectivity index (χ0v) is 14.8. The average Bonchev–Trinajstić information content (AvgIpc) is 2.61. The van der Waals surface area contributed by atoms with E-state index in [4.69, 9.17) is 0 Å². The van der Waals surface area contributed by atoms with E-state index < -0.39 is 0 Å². The molecule has 0 N–H and O–H groups in total. The fraction of sp³-hybridized carbons (Fsp3) is 0.636. The second-order valence-corrected chi connectivity index (χ2v) is 9.05. The zero-order chi connectivity index (χ0) is 12.7. The van der Waals surface area contributed by atoms with Crippen LogP contribution in [-0.4, -0.2) is 40.0 Å². The molecule has 0 aromatic rings. The molecule has 0 amide bonds. The maximum atomic E-state index is 4.57. The van der Waals surface area contributed by atoms with Crippen LogP contribution in [-0.2, 0) is 17.3 Å². The van der Waals surface area contributed by atoms with Crippen LogP contribution >= 0.6 is 25.5 Å². The van der Waals surface area contributed by atoms with Gasteiger partial charge in [0.15, 0.2) is 0 Å². The van der Waals surface area contributed by atoms with Gasteiger partial charge in [0.1, 0.15) is 0 Å². The molecule has 0 bridgehead atoms. The van der Waals surface area contributed by atoms with Crippen molar-refractivity contribution in [1.82, 2.24) is 0 Å². The van der Waals surface area contributed by atoms with Crippen molar-refractivity contribution in [2.75, 3.05) is 40.0 Å². The van der Waals surface area contributed by atoms with Crippen LogP contribution < -0.4 is 0 Å². The van der Waals surface area contributed by atoms with Gasteiger partial charge in [-0.25, -0.2) is 12.2 Å². The van der Waals surface area contributed by atoms with Crippen LogP contribution in [0.3, 0.4) is 0 Å². The van der Waals surface area contributed by atoms with E-state index in [1.54, 1.807) is 0 Å². The monoisotopic (exact) mass is 354 g/mol. The molecule has 4 heteroatoms. The SMILES string of the molecule is CP(C)C.CP(C)C.[C-]1=CC=CC1.[Cl][Ru+]. The summed E-state index contributed by atoms with van der Waals surface area (Å²) in [6, 6.07) is 0. The van der Waals surface area contributed by atoms with E-state index in [1.807, 2.05) is 29.5 Å². The molecule has 0 unspecified atom stereocenters. The summed E-state index contributed by atoms with van der Waals surface area (Å²) in [6.45, 7) is 13.4. The first kappa shape index (κ1) is 21.5. The van der Waals surface area contributed by atoms with Crippen LogP contribution in [0.25, 0.3) is 0 Å². The van der Waals surface area contributed by atoms with E-state index >= 15 is 0 Å². The molecule has 0 aromatic carbocycles. The molecule has 92 valence electrons. The van der Waals surface area contributed by atoms with Gasteiger partial charge in [-0.2, -0.15) is 6.08 Å². The predicted octanol–water partition coefficient (Wildman–Crippen LogP) is 4.71. The van der Waals surface area contributed by atoms with Gasteiger partial charge < -0.3 is 0 Å². The first-order valence-corrected chi connectivity index (χ1v) is 12.1. The van der Waals surface area contributed by atoms with Crippen LogP contribution in [0.1, 0.15) is 6.42 Å². The van der Waals surface area contributed by atoms with Gasteiger partial charge in [-0.15, -0.1) is 22.3 Å². The third-order valence-corrected chi connectivity index (χ3v) is 0.586. The molecule has 0 saturated carbocycles. The van der Waals surface area contributed by atoms with Gasteiger partial charge in [0.05, 0.1) is 0 Å². The van der Waals surface area contributed by atoms with Gasteiger partial charge in [-0.3, -0.25) is 6.08 Å². The summed E-state index contributed by atoms with van der Waals surface area (Å²) in [4.78, 5) is 0. The third-order valence-electron chi connectivity index (χ3n) is 0.586. The molecule has 0 atom stereocenters. The molecule has 0 aromatic heterocycles. The van der Waals surface area contributed by atoms with Crippen molar-refractivity contribution in [2.45, 2.75) is 6.42 Å². The molecule has 0 aliphatic heterocycles. The molecule has 15 heavy (non-hydrogen) atoms. The van der Waals surface area contributed by atoms with Gasteiger partial charge in [0, 0.05) is 0 Å². The Morgan fingerprint density at radius 3 is 1.40 bits per heavy atom. The Morgan fingerprint density at radius 2 is 1.33 bits per heavy atom. The van der Waals surface area contributed by atoms with E-state index in [0.29, 0.717) is 15.8 Å². The molecule has 0 fully saturated rings. The van der Waals surface area contributed by atoms with Crippen LogP contribution in [0.2, 0.25) is 0 Å². The molecule has 1 aliphatic carbocycles. The molecule has 1 rings (SSSR count). The summed E-state index contributed by atoms with van der Waals surface area (Å²) < 4.78 is 0. The van der Waals surface area contributed by atoms with Gasteiger partial charge in [-0.05, 0) is 40.0 Å². The Morgan fingerprint density at radius 1 is 1.00 bits per heavy atom. The fourth-order valence-corrected chi connectivity index (χ4v) is 0.340. The van der Waals surface area contributed by atoms with E-state index in [0.717, 1.165) is 6.42 Å². The number of hydrogen-bond donors (Lipinski definition) is 0. The van der Waals surface area contributed by atoms with Gasteiger partial charge in [0.2, 0.25) is 0 Å². The Balaban J connectivity index is -0.000000135. The van der Waals surface area contributed by atoms with Crippen LogP contribution in [0.4, 0.5) is 0 Å². The normalized spacial score (nSPS) is 11.1. The first-order chi connectivity index (χ1) is 6.96. The summed E-state index contributed by atoms with van der Waals surface area (Å²) in [7, 11) is 5.33. The molecule has 0 nitrogen and oxygen atoms in total. The van der Waals surface area contributed by atoms with Crippen LogP contribution in [0.15, 0.2) is 18.2 Å². The maximum absolute atomic E-state index is 4.57. The fourth-order valence-electron chi connectivity index (χ4n) is 0.340. The number of allylic oxidation sites excluding steroid dienone is 4. The number of halogens is 1. The van der Waals surface area contributed by atoms with Gasteiger partial charge in [-0.1, -0.05) is 0 Å². The van der Waals surface area contributed by atoms with Crippen LogP contribution in [0.5, 0.6) is 0 Å². The van der Waals surface area contributed by atoms with Gasteiger partial charge in [0.25, 0.3) is 0 Å². The van der Waals surface area contributed by atoms with Crippen molar-refractivity contribution in [2.24, 2.45) is 0 Å². The predicted molar refractivity (Wildman–Crippen MR) is 76.8 cm³/mol. The van der Waals surface area contributed by atoms with Crippen molar-refractivity contribution < 1.29 is 17.3 Å². The molecule has 0 spiro atoms. The molecular weight excluding hydrogens is 331 g/mol. The topological polar surface area (TPSA) is 0 Å². The van der Waals surface area contributed by atoms with Crippen LogP contribution in [0, 0.1) is 6.08 Å². The van der Waals surface area contributed by atoms with Crippen molar-refractivity contribution >= 4 is 25.5 Å². The van der Waals surface area contributed by atoms with E-state index in [2.05, 4.69) is 61.8 Å². The van der Waals surface area contributed by atoms with Crippen molar-refractivity contribution in [3.05, 3.63) is 24.3 Å². The average molecular weight is 354 g/mol. The molecule has 1 aliphatic rings. The Labute approximate surface area is 113 Å². The minimum absolute atomic E-state index is 0.380. The molecule has 0 radical (unpaired) electrons. The molecular formula is C11H23ClP2Ru. The second-order valence-electron chi connectivity index (χ2n) is 3.69. The van der Waals surface area contributed by atoms with E-state index in [-0.39, 0.29) is 0 Å². The third kappa shape index (κ3) is 68.5. The Kier molecular flexibility index (Phi) is 29.6. The quantitative estimate of drug-likeness (QED) is 0.336. The van der Waals surface area contributed by atoms with E-state index in [9.17, 15) is 0 Å². The number of hydrogen-bond acceptors (Lipinski definition) is 0. The second kappa shape index (κ2) is 20.6. The summed E-state index contributed by atoms with van der Waals surface area (Å²) in [5, 5.41) is 0. The minimum atomic E-state index is 0.380. The summed E-state index contributed by atoms with van der Waals surface area (Å²) in [6.07, 6.45) is 10.0. The Bertz CT molecular complexity index is 124. The standard InChI is InChI=1S/C5H5.2C3H9P.ClH.Ru/c1-2-4-5-3-1;2*1-4(2)3;;/h1-3H,4H2;2*1-3H3;1H;/q-1;;;;+2/p-1. The first-order valence-electron chi connectivity index (χ1n) is 4.53. The summed E-state index contributed by atoms with van der Waals surface area (Å²) in [5.74, 6) is 0. The van der Waals surface area contributed by atoms with E-state index in [1.165, 1.54) is 0 Å². The van der Waals surface area contributed by atoms with Crippen molar-refractivity contribution in [3.63, 3.8) is 0 Å². The molecule has 0 heterocycles. The summed E-state index contributed by atoms with van der Waals surface area (Å²) >= 11 is 1.82. The summed E-state index contributed by atoms with van der Waals surface area (Å²) in [5.41, 5.74) is 0.